The lowest BCUT2D eigenvalue weighted by Crippen LogP contribution is -2.35. The highest BCUT2D eigenvalue weighted by atomic mass is 79.9. The predicted molar refractivity (Wildman–Crippen MR) is 133 cm³/mol. The number of carbonyl (C=O) groups is 2. The minimum absolute atomic E-state index is 0.0168. The van der Waals surface area contributed by atoms with Gasteiger partial charge < -0.3 is 25.2 Å². The molecule has 8 heteroatoms. The van der Waals surface area contributed by atoms with Crippen LogP contribution in [0.15, 0.2) is 63.4 Å². The van der Waals surface area contributed by atoms with Gasteiger partial charge in [-0.2, -0.15) is 0 Å². The molecule has 1 amide bonds. The van der Waals surface area contributed by atoms with Crippen LogP contribution in [0.3, 0.4) is 0 Å². The third-order valence-electron chi connectivity index (χ3n) is 6.05. The van der Waals surface area contributed by atoms with Crippen LogP contribution >= 0.6 is 15.9 Å². The van der Waals surface area contributed by atoms with Crippen LogP contribution in [0.25, 0.3) is 0 Å². The van der Waals surface area contributed by atoms with Crippen LogP contribution in [0.2, 0.25) is 0 Å². The fourth-order valence-corrected chi connectivity index (χ4v) is 4.98. The normalized spacial score (nSPS) is 17.8. The standard InChI is InChI=1S/C26H27BrN2O5/c1-4-34-21-13-15(12-18(27)25(21)31)23-22(14(2)28-19-6-5-7-20(30)24(19)23)26(32)29-16-8-10-17(33-3)11-9-16/h8-13,23,28,31H,4-7H2,1-3H3,(H,29,32)/t23-/m1/s1. The van der Waals surface area contributed by atoms with Gasteiger partial charge in [0.15, 0.2) is 17.3 Å². The Morgan fingerprint density at radius 2 is 1.97 bits per heavy atom. The summed E-state index contributed by atoms with van der Waals surface area (Å²) in [5.74, 6) is 0.0661. The maximum absolute atomic E-state index is 13.6. The number of methoxy groups -OCH3 is 1. The zero-order chi connectivity index (χ0) is 24.4. The lowest BCUT2D eigenvalue weighted by atomic mass is 9.75. The highest BCUT2D eigenvalue weighted by molar-refractivity contribution is 9.10. The summed E-state index contributed by atoms with van der Waals surface area (Å²) in [6.07, 6.45) is 1.93. The van der Waals surface area contributed by atoms with Gasteiger partial charge in [0, 0.05) is 40.6 Å². The molecule has 1 aliphatic carbocycles. The Balaban J connectivity index is 1.81. The fourth-order valence-electron chi connectivity index (χ4n) is 4.52. The molecule has 0 saturated heterocycles. The van der Waals surface area contributed by atoms with Crippen LogP contribution in [-0.2, 0) is 9.59 Å². The molecule has 0 bridgehead atoms. The second kappa shape index (κ2) is 9.93. The van der Waals surface area contributed by atoms with E-state index in [2.05, 4.69) is 26.6 Å². The smallest absolute Gasteiger partial charge is 0.254 e. The van der Waals surface area contributed by atoms with Gasteiger partial charge in [-0.1, -0.05) is 0 Å². The number of amides is 1. The van der Waals surface area contributed by atoms with Crippen LogP contribution in [0, 0.1) is 0 Å². The second-order valence-corrected chi connectivity index (χ2v) is 9.09. The molecule has 2 aliphatic rings. The summed E-state index contributed by atoms with van der Waals surface area (Å²) in [4.78, 5) is 26.7. The van der Waals surface area contributed by atoms with Crippen molar-refractivity contribution in [3.63, 3.8) is 0 Å². The van der Waals surface area contributed by atoms with E-state index in [1.165, 1.54) is 0 Å². The third kappa shape index (κ3) is 4.55. The molecule has 2 aromatic rings. The van der Waals surface area contributed by atoms with Gasteiger partial charge in [-0.05, 0) is 84.6 Å². The molecule has 0 saturated carbocycles. The number of phenols is 1. The third-order valence-corrected chi connectivity index (χ3v) is 6.66. The number of carbonyl (C=O) groups excluding carboxylic acids is 2. The number of nitrogens with one attached hydrogen (secondary N) is 2. The summed E-state index contributed by atoms with van der Waals surface area (Å²) < 4.78 is 11.3. The number of hydrogen-bond donors (Lipinski definition) is 3. The van der Waals surface area contributed by atoms with Crippen molar-refractivity contribution < 1.29 is 24.2 Å². The van der Waals surface area contributed by atoms with Gasteiger partial charge >= 0.3 is 0 Å². The van der Waals surface area contributed by atoms with Gasteiger partial charge in [-0.15, -0.1) is 0 Å². The molecule has 7 nitrogen and oxygen atoms in total. The molecular formula is C26H27BrN2O5. The average molecular weight is 527 g/mol. The van der Waals surface area contributed by atoms with E-state index in [-0.39, 0.29) is 17.4 Å². The quantitative estimate of drug-likeness (QED) is 0.480. The molecule has 34 heavy (non-hydrogen) atoms. The molecule has 0 unspecified atom stereocenters. The number of hydrogen-bond acceptors (Lipinski definition) is 6. The lowest BCUT2D eigenvalue weighted by molar-refractivity contribution is -0.116. The molecule has 4 rings (SSSR count). The molecule has 0 radical (unpaired) electrons. The van der Waals surface area contributed by atoms with Gasteiger partial charge in [0.25, 0.3) is 5.91 Å². The Morgan fingerprint density at radius 3 is 2.65 bits per heavy atom. The van der Waals surface area contributed by atoms with E-state index < -0.39 is 5.92 Å². The first-order valence-electron chi connectivity index (χ1n) is 11.2. The largest absolute Gasteiger partial charge is 0.503 e. The first-order chi connectivity index (χ1) is 16.3. The summed E-state index contributed by atoms with van der Waals surface area (Å²) in [5.41, 5.74) is 3.88. The van der Waals surface area contributed by atoms with Crippen LogP contribution in [-0.4, -0.2) is 30.5 Å². The molecule has 0 spiro atoms. The number of ether oxygens (including phenoxy) is 2. The minimum Gasteiger partial charge on any atom is -0.503 e. The van der Waals surface area contributed by atoms with Crippen molar-refractivity contribution in [1.82, 2.24) is 5.32 Å². The van der Waals surface area contributed by atoms with Crippen molar-refractivity contribution in [3.8, 4) is 17.2 Å². The number of halogens is 1. The summed E-state index contributed by atoms with van der Waals surface area (Å²) in [6.45, 7) is 4.04. The number of benzene rings is 2. The van der Waals surface area contributed by atoms with Crippen LogP contribution in [0.1, 0.15) is 44.6 Å². The SMILES string of the molecule is CCOc1cc([C@@H]2C(C(=O)Nc3ccc(OC)cc3)=C(C)NC3=C2C(=O)CCC3)cc(Br)c1O. The van der Waals surface area contributed by atoms with E-state index in [1.807, 2.05) is 13.8 Å². The van der Waals surface area contributed by atoms with Gasteiger partial charge in [0.1, 0.15) is 5.75 Å². The summed E-state index contributed by atoms with van der Waals surface area (Å²) >= 11 is 3.40. The van der Waals surface area contributed by atoms with Crippen LogP contribution < -0.4 is 20.1 Å². The van der Waals surface area contributed by atoms with E-state index in [9.17, 15) is 14.7 Å². The minimum atomic E-state index is -0.599. The molecule has 0 fully saturated rings. The number of ketones is 1. The molecular weight excluding hydrogens is 500 g/mol. The van der Waals surface area contributed by atoms with Crippen molar-refractivity contribution in [1.29, 1.82) is 0 Å². The van der Waals surface area contributed by atoms with Crippen LogP contribution in [0.5, 0.6) is 17.2 Å². The van der Waals surface area contributed by atoms with Gasteiger partial charge in [-0.25, -0.2) is 0 Å². The van der Waals surface area contributed by atoms with Crippen molar-refractivity contribution in [3.05, 3.63) is 69.0 Å². The summed E-state index contributed by atoms with van der Waals surface area (Å²) in [6, 6.07) is 10.5. The van der Waals surface area contributed by atoms with Crippen molar-refractivity contribution in [2.45, 2.75) is 39.0 Å². The predicted octanol–water partition coefficient (Wildman–Crippen LogP) is 5.17. The molecule has 2 aromatic carbocycles. The number of Topliss-reactive ketones (excluding diaryl/α,β-unsaturated/α-hetero) is 1. The highest BCUT2D eigenvalue weighted by Gasteiger charge is 2.39. The van der Waals surface area contributed by atoms with Crippen molar-refractivity contribution in [2.24, 2.45) is 0 Å². The molecule has 3 N–H and O–H groups in total. The maximum Gasteiger partial charge on any atom is 0.254 e. The average Bonchev–Trinajstić information content (AvgIpc) is 2.81. The first kappa shape index (κ1) is 23.9. The Hall–Kier alpha value is -3.26. The molecule has 1 atom stereocenters. The number of phenolic OH excluding ortho intramolecular Hbond substituents is 1. The lowest BCUT2D eigenvalue weighted by Gasteiger charge is -2.34. The summed E-state index contributed by atoms with van der Waals surface area (Å²) in [7, 11) is 1.58. The monoisotopic (exact) mass is 526 g/mol. The first-order valence-corrected chi connectivity index (χ1v) is 12.0. The van der Waals surface area contributed by atoms with Crippen molar-refractivity contribution >= 4 is 33.3 Å². The Morgan fingerprint density at radius 1 is 1.24 bits per heavy atom. The second-order valence-electron chi connectivity index (χ2n) is 8.23. The van der Waals surface area contributed by atoms with E-state index in [0.717, 1.165) is 18.5 Å². The number of rotatable bonds is 6. The number of allylic oxidation sites excluding steroid dienone is 3. The van der Waals surface area contributed by atoms with Crippen molar-refractivity contribution in [2.75, 3.05) is 19.0 Å². The van der Waals surface area contributed by atoms with E-state index in [1.54, 1.807) is 43.5 Å². The number of dihydropyridines is 1. The molecule has 0 aromatic heterocycles. The maximum atomic E-state index is 13.6. The Kier molecular flexibility index (Phi) is 6.97. The number of anilines is 1. The van der Waals surface area contributed by atoms with E-state index >= 15 is 0 Å². The van der Waals surface area contributed by atoms with Crippen LogP contribution in [0.4, 0.5) is 5.69 Å². The topological polar surface area (TPSA) is 96.9 Å². The zero-order valence-corrected chi connectivity index (χ0v) is 20.9. The van der Waals surface area contributed by atoms with E-state index in [0.29, 0.717) is 57.1 Å². The van der Waals surface area contributed by atoms with E-state index in [4.69, 9.17) is 9.47 Å². The zero-order valence-electron chi connectivity index (χ0n) is 19.3. The fraction of sp³-hybridized carbons (Fsp3) is 0.308. The molecule has 178 valence electrons. The van der Waals surface area contributed by atoms with Gasteiger partial charge in [-0.3, -0.25) is 9.59 Å². The number of aromatic hydroxyl groups is 1. The highest BCUT2D eigenvalue weighted by Crippen LogP contribution is 2.46. The summed E-state index contributed by atoms with van der Waals surface area (Å²) in [5, 5.41) is 16.7. The molecule has 1 aliphatic heterocycles. The Labute approximate surface area is 207 Å². The van der Waals surface area contributed by atoms with Gasteiger partial charge in [0.2, 0.25) is 0 Å². The molecule has 1 heterocycles. The Bertz CT molecular complexity index is 1200. The van der Waals surface area contributed by atoms with Gasteiger partial charge in [0.05, 0.1) is 18.2 Å².